The second-order valence-electron chi connectivity index (χ2n) is 8.81. The van der Waals surface area contributed by atoms with Crippen molar-refractivity contribution in [3.8, 4) is 0 Å². The second kappa shape index (κ2) is 8.41. The molecule has 0 bridgehead atoms. The SMILES string of the molecule is CCCC(Cc1c(C(C)C)[nH]c2c(C(C)C)cc(C(C)C)cc12)C(C)=O. The summed E-state index contributed by atoms with van der Waals surface area (Å²) >= 11 is 0. The molecule has 1 heterocycles. The normalized spacial score (nSPS) is 13.3. The first-order valence-corrected chi connectivity index (χ1v) is 10.4. The van der Waals surface area contributed by atoms with E-state index >= 15 is 0 Å². The summed E-state index contributed by atoms with van der Waals surface area (Å²) < 4.78 is 0. The number of H-pyrrole nitrogens is 1. The molecule has 1 aromatic carbocycles. The maximum absolute atomic E-state index is 12.2. The first kappa shape index (κ1) is 20.7. The number of carbonyl (C=O) groups is 1. The summed E-state index contributed by atoms with van der Waals surface area (Å²) in [6.45, 7) is 17.5. The van der Waals surface area contributed by atoms with Gasteiger partial charge in [-0.1, -0.05) is 61.0 Å². The molecule has 1 aromatic heterocycles. The van der Waals surface area contributed by atoms with E-state index in [0.717, 1.165) is 19.3 Å². The Labute approximate surface area is 159 Å². The summed E-state index contributed by atoms with van der Waals surface area (Å²) in [5, 5.41) is 1.34. The third-order valence-corrected chi connectivity index (χ3v) is 5.63. The summed E-state index contributed by atoms with van der Waals surface area (Å²) in [5.41, 5.74) is 6.75. The zero-order chi connectivity index (χ0) is 19.6. The van der Waals surface area contributed by atoms with Crippen molar-refractivity contribution in [2.45, 2.75) is 92.4 Å². The largest absolute Gasteiger partial charge is 0.358 e. The smallest absolute Gasteiger partial charge is 0.133 e. The molecule has 0 amide bonds. The number of Topliss-reactive ketones (excluding diaryl/α,β-unsaturated/α-hetero) is 1. The molecule has 0 saturated carbocycles. The first-order chi connectivity index (χ1) is 12.2. The number of rotatable bonds is 8. The van der Waals surface area contributed by atoms with E-state index in [0.29, 0.717) is 23.5 Å². The van der Waals surface area contributed by atoms with Crippen molar-refractivity contribution in [1.29, 1.82) is 0 Å². The highest BCUT2D eigenvalue weighted by atomic mass is 16.1. The Morgan fingerprint density at radius 2 is 1.65 bits per heavy atom. The van der Waals surface area contributed by atoms with Crippen LogP contribution in [0.15, 0.2) is 12.1 Å². The third-order valence-electron chi connectivity index (χ3n) is 5.63. The topological polar surface area (TPSA) is 32.9 Å². The van der Waals surface area contributed by atoms with Crippen LogP contribution in [0.2, 0.25) is 0 Å². The van der Waals surface area contributed by atoms with Crippen LogP contribution in [0, 0.1) is 5.92 Å². The predicted molar refractivity (Wildman–Crippen MR) is 113 cm³/mol. The molecule has 144 valence electrons. The average molecular weight is 356 g/mol. The predicted octanol–water partition coefficient (Wildman–Crippen LogP) is 7.09. The fourth-order valence-corrected chi connectivity index (χ4v) is 3.97. The number of ketones is 1. The lowest BCUT2D eigenvalue weighted by Gasteiger charge is -2.16. The van der Waals surface area contributed by atoms with E-state index in [-0.39, 0.29) is 5.92 Å². The van der Waals surface area contributed by atoms with Gasteiger partial charge < -0.3 is 4.98 Å². The number of fused-ring (bicyclic) bond motifs is 1. The summed E-state index contributed by atoms with van der Waals surface area (Å²) in [5.74, 6) is 1.85. The van der Waals surface area contributed by atoms with Gasteiger partial charge in [-0.25, -0.2) is 0 Å². The summed E-state index contributed by atoms with van der Waals surface area (Å²) in [6, 6.07) is 4.74. The highest BCUT2D eigenvalue weighted by molar-refractivity contribution is 5.90. The van der Waals surface area contributed by atoms with Crippen LogP contribution in [-0.4, -0.2) is 10.8 Å². The summed E-state index contributed by atoms with van der Waals surface area (Å²) in [4.78, 5) is 16.0. The molecule has 1 atom stereocenters. The molecule has 2 rings (SSSR count). The van der Waals surface area contributed by atoms with E-state index in [1.165, 1.54) is 33.3 Å². The quantitative estimate of drug-likeness (QED) is 0.539. The van der Waals surface area contributed by atoms with Gasteiger partial charge in [0.25, 0.3) is 0 Å². The van der Waals surface area contributed by atoms with Crippen LogP contribution < -0.4 is 0 Å². The van der Waals surface area contributed by atoms with Crippen molar-refractivity contribution in [1.82, 2.24) is 4.98 Å². The minimum atomic E-state index is 0.127. The van der Waals surface area contributed by atoms with Crippen molar-refractivity contribution >= 4 is 16.7 Å². The van der Waals surface area contributed by atoms with E-state index in [2.05, 4.69) is 65.6 Å². The lowest BCUT2D eigenvalue weighted by Crippen LogP contribution is -2.14. The highest BCUT2D eigenvalue weighted by Gasteiger charge is 2.23. The van der Waals surface area contributed by atoms with Crippen LogP contribution in [0.1, 0.15) is 108 Å². The fraction of sp³-hybridized carbons (Fsp3) is 0.625. The zero-order valence-electron chi connectivity index (χ0n) is 18.0. The number of carbonyl (C=O) groups excluding carboxylic acids is 1. The van der Waals surface area contributed by atoms with Gasteiger partial charge >= 0.3 is 0 Å². The Hall–Kier alpha value is -1.57. The minimum Gasteiger partial charge on any atom is -0.358 e. The van der Waals surface area contributed by atoms with Gasteiger partial charge in [-0.15, -0.1) is 0 Å². The Balaban J connectivity index is 2.73. The molecule has 0 spiro atoms. The van der Waals surface area contributed by atoms with E-state index in [9.17, 15) is 4.79 Å². The number of aromatic nitrogens is 1. The molecular weight excluding hydrogens is 318 g/mol. The van der Waals surface area contributed by atoms with Gasteiger partial charge in [0.1, 0.15) is 5.78 Å². The van der Waals surface area contributed by atoms with Gasteiger partial charge in [-0.05, 0) is 60.3 Å². The average Bonchev–Trinajstić information content (AvgIpc) is 2.92. The molecule has 2 nitrogen and oxygen atoms in total. The van der Waals surface area contributed by atoms with E-state index in [1.54, 1.807) is 6.92 Å². The zero-order valence-corrected chi connectivity index (χ0v) is 18.0. The molecule has 0 radical (unpaired) electrons. The molecule has 2 heteroatoms. The third kappa shape index (κ3) is 4.22. The van der Waals surface area contributed by atoms with Crippen molar-refractivity contribution in [2.75, 3.05) is 0 Å². The first-order valence-electron chi connectivity index (χ1n) is 10.4. The van der Waals surface area contributed by atoms with Gasteiger partial charge in [-0.3, -0.25) is 4.79 Å². The molecule has 0 aliphatic carbocycles. The Kier molecular flexibility index (Phi) is 6.71. The van der Waals surface area contributed by atoms with Crippen molar-refractivity contribution in [3.63, 3.8) is 0 Å². The van der Waals surface area contributed by atoms with Gasteiger partial charge in [-0.2, -0.15) is 0 Å². The minimum absolute atomic E-state index is 0.127. The Morgan fingerprint density at radius 3 is 2.12 bits per heavy atom. The number of aromatic amines is 1. The number of benzene rings is 1. The van der Waals surface area contributed by atoms with Gasteiger partial charge in [0.2, 0.25) is 0 Å². The summed E-state index contributed by atoms with van der Waals surface area (Å²) in [7, 11) is 0. The molecule has 1 N–H and O–H groups in total. The van der Waals surface area contributed by atoms with Crippen LogP contribution in [-0.2, 0) is 11.2 Å². The maximum atomic E-state index is 12.2. The molecule has 26 heavy (non-hydrogen) atoms. The maximum Gasteiger partial charge on any atom is 0.133 e. The summed E-state index contributed by atoms with van der Waals surface area (Å²) in [6.07, 6.45) is 2.88. The van der Waals surface area contributed by atoms with Gasteiger partial charge in [0.05, 0.1) is 0 Å². The standard InChI is InChI=1S/C24H37NO/c1-9-10-18(17(8)26)11-21-22-13-19(14(2)3)12-20(15(4)5)24(22)25-23(21)16(6)7/h12-16,18,25H,9-11H2,1-8H3. The van der Waals surface area contributed by atoms with Crippen LogP contribution in [0.5, 0.6) is 0 Å². The molecule has 0 fully saturated rings. The van der Waals surface area contributed by atoms with Crippen LogP contribution in [0.25, 0.3) is 10.9 Å². The van der Waals surface area contributed by atoms with E-state index in [4.69, 9.17) is 0 Å². The molecule has 0 saturated heterocycles. The molecule has 0 aliphatic rings. The Morgan fingerprint density at radius 1 is 1.00 bits per heavy atom. The number of nitrogens with one attached hydrogen (secondary N) is 1. The van der Waals surface area contributed by atoms with Crippen molar-refractivity contribution in [2.24, 2.45) is 5.92 Å². The number of hydrogen-bond acceptors (Lipinski definition) is 1. The van der Waals surface area contributed by atoms with Crippen LogP contribution in [0.3, 0.4) is 0 Å². The fourth-order valence-electron chi connectivity index (χ4n) is 3.97. The second-order valence-corrected chi connectivity index (χ2v) is 8.81. The van der Waals surface area contributed by atoms with Crippen LogP contribution in [0.4, 0.5) is 0 Å². The van der Waals surface area contributed by atoms with Gasteiger partial charge in [0.15, 0.2) is 0 Å². The van der Waals surface area contributed by atoms with E-state index < -0.39 is 0 Å². The Bertz CT molecular complexity index is 764. The van der Waals surface area contributed by atoms with E-state index in [1.807, 2.05) is 0 Å². The molecule has 2 aromatic rings. The van der Waals surface area contributed by atoms with Crippen molar-refractivity contribution < 1.29 is 4.79 Å². The molecule has 0 aliphatic heterocycles. The van der Waals surface area contributed by atoms with Crippen molar-refractivity contribution in [3.05, 3.63) is 34.5 Å². The van der Waals surface area contributed by atoms with Crippen LogP contribution >= 0.6 is 0 Å². The number of hydrogen-bond donors (Lipinski definition) is 1. The lowest BCUT2D eigenvalue weighted by molar-refractivity contribution is -0.120. The van der Waals surface area contributed by atoms with Gasteiger partial charge in [0, 0.05) is 22.5 Å². The molecule has 1 unspecified atom stereocenters. The lowest BCUT2D eigenvalue weighted by atomic mass is 9.87. The monoisotopic (exact) mass is 355 g/mol. The molecular formula is C24H37NO. The highest BCUT2D eigenvalue weighted by Crippen LogP contribution is 2.37.